The molecular weight excluding hydrogens is 374 g/mol. The van der Waals surface area contributed by atoms with Gasteiger partial charge in [-0.1, -0.05) is 36.4 Å². The minimum Gasteiger partial charge on any atom is -0.484 e. The van der Waals surface area contributed by atoms with Crippen molar-refractivity contribution in [2.24, 2.45) is 0 Å². The Balaban J connectivity index is 1.46. The molecule has 2 aromatic carbocycles. The molecule has 1 heterocycles. The fourth-order valence-electron chi connectivity index (χ4n) is 4.09. The number of fused-ring (bicyclic) bond motifs is 1. The van der Waals surface area contributed by atoms with Crippen molar-refractivity contribution in [2.75, 3.05) is 18.1 Å². The molecule has 28 heavy (non-hydrogen) atoms. The van der Waals surface area contributed by atoms with Crippen molar-refractivity contribution < 1.29 is 17.9 Å². The summed E-state index contributed by atoms with van der Waals surface area (Å²) in [6.45, 7) is 0.315. The second-order valence-electron chi connectivity index (χ2n) is 7.64. The van der Waals surface area contributed by atoms with Gasteiger partial charge in [0, 0.05) is 12.6 Å². The summed E-state index contributed by atoms with van der Waals surface area (Å²) >= 11 is 0. The van der Waals surface area contributed by atoms with Crippen LogP contribution in [0.2, 0.25) is 0 Å². The molecule has 0 bridgehead atoms. The Kier molecular flexibility index (Phi) is 5.40. The Morgan fingerprint density at radius 3 is 2.61 bits per heavy atom. The van der Waals surface area contributed by atoms with E-state index in [0.717, 1.165) is 18.4 Å². The van der Waals surface area contributed by atoms with E-state index in [0.29, 0.717) is 18.7 Å². The molecule has 0 N–H and O–H groups in total. The summed E-state index contributed by atoms with van der Waals surface area (Å²) in [4.78, 5) is 14.6. The topological polar surface area (TPSA) is 63.7 Å². The maximum Gasteiger partial charge on any atom is 0.261 e. The van der Waals surface area contributed by atoms with Gasteiger partial charge in [0.1, 0.15) is 5.75 Å². The van der Waals surface area contributed by atoms with Crippen LogP contribution in [0.5, 0.6) is 5.75 Å². The van der Waals surface area contributed by atoms with E-state index in [9.17, 15) is 13.2 Å². The summed E-state index contributed by atoms with van der Waals surface area (Å²) in [7, 11) is -3.07. The second kappa shape index (κ2) is 7.95. The van der Waals surface area contributed by atoms with E-state index in [1.54, 1.807) is 4.90 Å². The van der Waals surface area contributed by atoms with Crippen LogP contribution >= 0.6 is 0 Å². The molecule has 148 valence electrons. The number of carbonyl (C=O) groups is 1. The fourth-order valence-corrected chi connectivity index (χ4v) is 5.82. The number of hydrogen-bond donors (Lipinski definition) is 0. The molecule has 1 aliphatic carbocycles. The first kappa shape index (κ1) is 19.0. The Morgan fingerprint density at radius 2 is 1.86 bits per heavy atom. The van der Waals surface area contributed by atoms with E-state index in [-0.39, 0.29) is 30.1 Å². The lowest BCUT2D eigenvalue weighted by Gasteiger charge is -2.28. The largest absolute Gasteiger partial charge is 0.484 e. The van der Waals surface area contributed by atoms with Gasteiger partial charge in [-0.2, -0.15) is 0 Å². The highest BCUT2D eigenvalue weighted by Gasteiger charge is 2.34. The average molecular weight is 400 g/mol. The summed E-state index contributed by atoms with van der Waals surface area (Å²) in [5.41, 5.74) is 3.64. The van der Waals surface area contributed by atoms with E-state index in [4.69, 9.17) is 4.74 Å². The third kappa shape index (κ3) is 4.38. The number of carbonyl (C=O) groups excluding carboxylic acids is 1. The summed E-state index contributed by atoms with van der Waals surface area (Å²) in [6, 6.07) is 15.4. The standard InChI is InChI=1S/C22H25NO4S/c24-22(15-27-21-10-9-18-7-4-8-19(18)13-21)23(14-17-5-2-1-3-6-17)20-11-12-28(25,26)16-20/h1-3,5-6,9-10,13,20H,4,7-8,11-12,14-16H2. The normalized spacial score (nSPS) is 19.9. The fraction of sp³-hybridized carbons (Fsp3) is 0.409. The SMILES string of the molecule is O=C(COc1ccc2c(c1)CCC2)N(Cc1ccccc1)C1CCS(=O)(=O)C1. The molecular formula is C22H25NO4S. The predicted molar refractivity (Wildman–Crippen MR) is 108 cm³/mol. The van der Waals surface area contributed by atoms with Crippen molar-refractivity contribution >= 4 is 15.7 Å². The summed E-state index contributed by atoms with van der Waals surface area (Å²) in [6.07, 6.45) is 3.81. The zero-order chi connectivity index (χ0) is 19.6. The van der Waals surface area contributed by atoms with Crippen molar-refractivity contribution in [3.8, 4) is 5.75 Å². The van der Waals surface area contributed by atoms with Crippen LogP contribution in [0.1, 0.15) is 29.5 Å². The molecule has 1 atom stereocenters. The van der Waals surface area contributed by atoms with Crippen LogP contribution in [-0.2, 0) is 34.0 Å². The lowest BCUT2D eigenvalue weighted by atomic mass is 10.1. The molecule has 1 amide bonds. The monoisotopic (exact) mass is 399 g/mol. The molecule has 2 aromatic rings. The van der Waals surface area contributed by atoms with Crippen LogP contribution in [-0.4, -0.2) is 43.4 Å². The first-order valence-corrected chi connectivity index (χ1v) is 11.6. The van der Waals surface area contributed by atoms with E-state index in [1.807, 2.05) is 42.5 Å². The molecule has 1 aliphatic heterocycles. The summed E-state index contributed by atoms with van der Waals surface area (Å²) in [5, 5.41) is 0. The van der Waals surface area contributed by atoms with Crippen LogP contribution in [0.25, 0.3) is 0 Å². The number of aryl methyl sites for hydroxylation is 2. The molecule has 1 saturated heterocycles. The molecule has 0 spiro atoms. The first-order valence-electron chi connectivity index (χ1n) is 9.79. The second-order valence-corrected chi connectivity index (χ2v) is 9.87. The highest BCUT2D eigenvalue weighted by atomic mass is 32.2. The van der Waals surface area contributed by atoms with Gasteiger partial charge in [-0.05, 0) is 54.5 Å². The van der Waals surface area contributed by atoms with Crippen LogP contribution < -0.4 is 4.74 Å². The predicted octanol–water partition coefficient (Wildman–Crippen LogP) is 2.77. The molecule has 2 aliphatic rings. The molecule has 0 aromatic heterocycles. The highest BCUT2D eigenvalue weighted by Crippen LogP contribution is 2.26. The van der Waals surface area contributed by atoms with Gasteiger partial charge in [0.05, 0.1) is 11.5 Å². The minimum atomic E-state index is -3.07. The summed E-state index contributed by atoms with van der Waals surface area (Å²) in [5.74, 6) is 0.700. The van der Waals surface area contributed by atoms with E-state index in [1.165, 1.54) is 17.5 Å². The Hall–Kier alpha value is -2.34. The molecule has 6 heteroatoms. The summed E-state index contributed by atoms with van der Waals surface area (Å²) < 4.78 is 29.7. The number of nitrogens with zero attached hydrogens (tertiary/aromatic N) is 1. The first-order chi connectivity index (χ1) is 13.5. The van der Waals surface area contributed by atoms with E-state index >= 15 is 0 Å². The highest BCUT2D eigenvalue weighted by molar-refractivity contribution is 7.91. The van der Waals surface area contributed by atoms with Crippen LogP contribution in [0, 0.1) is 0 Å². The number of amides is 1. The molecule has 1 fully saturated rings. The lowest BCUT2D eigenvalue weighted by Crippen LogP contribution is -2.43. The van der Waals surface area contributed by atoms with Gasteiger partial charge in [0.25, 0.3) is 5.91 Å². The quantitative estimate of drug-likeness (QED) is 0.749. The smallest absolute Gasteiger partial charge is 0.261 e. The van der Waals surface area contributed by atoms with Crippen molar-refractivity contribution in [2.45, 2.75) is 38.3 Å². The van der Waals surface area contributed by atoms with Gasteiger partial charge >= 0.3 is 0 Å². The van der Waals surface area contributed by atoms with Gasteiger partial charge in [-0.3, -0.25) is 4.79 Å². The maximum atomic E-state index is 13.0. The van der Waals surface area contributed by atoms with E-state index in [2.05, 4.69) is 6.07 Å². The van der Waals surface area contributed by atoms with E-state index < -0.39 is 9.84 Å². The third-order valence-corrected chi connectivity index (χ3v) is 7.35. The van der Waals surface area contributed by atoms with Gasteiger partial charge in [-0.25, -0.2) is 8.42 Å². The number of ether oxygens (including phenoxy) is 1. The third-order valence-electron chi connectivity index (χ3n) is 5.60. The number of benzene rings is 2. The average Bonchev–Trinajstić information content (AvgIpc) is 3.30. The lowest BCUT2D eigenvalue weighted by molar-refractivity contribution is -0.136. The van der Waals surface area contributed by atoms with Gasteiger partial charge in [0.15, 0.2) is 16.4 Å². The molecule has 1 unspecified atom stereocenters. The molecule has 5 nitrogen and oxygen atoms in total. The Morgan fingerprint density at radius 1 is 1.07 bits per heavy atom. The van der Waals surface area contributed by atoms with Crippen LogP contribution in [0.15, 0.2) is 48.5 Å². The van der Waals surface area contributed by atoms with Crippen molar-refractivity contribution in [1.82, 2.24) is 4.90 Å². The van der Waals surface area contributed by atoms with Gasteiger partial charge in [-0.15, -0.1) is 0 Å². The number of sulfone groups is 1. The van der Waals surface area contributed by atoms with Gasteiger partial charge in [0.2, 0.25) is 0 Å². The van der Waals surface area contributed by atoms with Crippen molar-refractivity contribution in [3.05, 3.63) is 65.2 Å². The minimum absolute atomic E-state index is 0.0322. The number of hydrogen-bond acceptors (Lipinski definition) is 4. The van der Waals surface area contributed by atoms with Crippen LogP contribution in [0.4, 0.5) is 0 Å². The maximum absolute atomic E-state index is 13.0. The Bertz CT molecular complexity index is 956. The van der Waals surface area contributed by atoms with Gasteiger partial charge < -0.3 is 9.64 Å². The zero-order valence-corrected chi connectivity index (χ0v) is 16.7. The Labute approximate surface area is 166 Å². The molecule has 0 radical (unpaired) electrons. The number of rotatable bonds is 6. The van der Waals surface area contributed by atoms with Crippen molar-refractivity contribution in [1.29, 1.82) is 0 Å². The van der Waals surface area contributed by atoms with Crippen LogP contribution in [0.3, 0.4) is 0 Å². The van der Waals surface area contributed by atoms with Crippen molar-refractivity contribution in [3.63, 3.8) is 0 Å². The molecule has 4 rings (SSSR count). The molecule has 0 saturated carbocycles. The zero-order valence-electron chi connectivity index (χ0n) is 15.8.